The van der Waals surface area contributed by atoms with Crippen LogP contribution in [0.4, 0.5) is 0 Å². The molecule has 0 fully saturated rings. The number of nitrogens with one attached hydrogen (secondary N) is 1. The van der Waals surface area contributed by atoms with Crippen LogP contribution >= 0.6 is 0 Å². The van der Waals surface area contributed by atoms with Crippen LogP contribution in [0, 0.1) is 0 Å². The lowest BCUT2D eigenvalue weighted by Crippen LogP contribution is -2.14. The number of methoxy groups -OCH3 is 1. The lowest BCUT2D eigenvalue weighted by atomic mass is 10.8. The molecule has 0 aromatic carbocycles. The lowest BCUT2D eigenvalue weighted by molar-refractivity contribution is 0.177. The normalized spacial score (nSPS) is 9.00. The topological polar surface area (TPSA) is 21.3 Å². The summed E-state index contributed by atoms with van der Waals surface area (Å²) in [5, 5.41) is 2.98. The van der Waals surface area contributed by atoms with Crippen LogP contribution in [-0.4, -0.2) is 20.4 Å². The maximum Gasteiger partial charge on any atom is 0.0961 e. The van der Waals surface area contributed by atoms with Crippen LogP contribution in [0.3, 0.4) is 0 Å². The predicted molar refractivity (Wildman–Crippen MR) is 25.6 cm³/mol. The first-order chi connectivity index (χ1) is 2.91. The molecule has 1 N–H and O–H groups in total. The van der Waals surface area contributed by atoms with E-state index in [9.17, 15) is 0 Å². The first kappa shape index (κ1) is 5.92. The minimum absolute atomic E-state index is 0.663. The Balaban J connectivity index is 2.34. The summed E-state index contributed by atoms with van der Waals surface area (Å²) in [5.41, 5.74) is 0. The fourth-order valence-corrected chi connectivity index (χ4v) is 0.204. The molecule has 0 heterocycles. The van der Waals surface area contributed by atoms with E-state index in [0.29, 0.717) is 6.73 Å². The highest BCUT2D eigenvalue weighted by atomic mass is 16.5. The molecule has 0 aliphatic rings. The molecule has 0 bridgehead atoms. The summed E-state index contributed by atoms with van der Waals surface area (Å²) in [6, 6.07) is 0. The summed E-state index contributed by atoms with van der Waals surface area (Å²) in [4.78, 5) is 0. The highest BCUT2D eigenvalue weighted by Gasteiger charge is 1.70. The predicted octanol–water partition coefficient (Wildman–Crippen LogP) is 0.200. The van der Waals surface area contributed by atoms with Gasteiger partial charge < -0.3 is 4.74 Å². The molecule has 6 heavy (non-hydrogen) atoms. The van der Waals surface area contributed by atoms with Crippen molar-refractivity contribution in [1.82, 2.24) is 5.32 Å². The molecule has 0 saturated carbocycles. The van der Waals surface area contributed by atoms with E-state index in [-0.39, 0.29) is 0 Å². The van der Waals surface area contributed by atoms with Crippen molar-refractivity contribution >= 4 is 0 Å². The molecular weight excluding hydrogens is 78.0 g/mol. The minimum atomic E-state index is 0.663. The fourth-order valence-electron chi connectivity index (χ4n) is 0.204. The standard InChI is InChI=1S/C4H11NO/c1-3-5-4-6-2/h5H,3-4H2,1-2H3. The molecule has 2 nitrogen and oxygen atoms in total. The number of hydrogen-bond acceptors (Lipinski definition) is 2. The molecule has 2 heteroatoms. The molecule has 0 aromatic rings. The highest BCUT2D eigenvalue weighted by Crippen LogP contribution is 1.54. The van der Waals surface area contributed by atoms with E-state index in [1.807, 2.05) is 6.92 Å². The molecule has 38 valence electrons. The molecule has 0 saturated heterocycles. The third-order valence-corrected chi connectivity index (χ3v) is 0.496. The average molecular weight is 89.1 g/mol. The van der Waals surface area contributed by atoms with Crippen LogP contribution in [0.25, 0.3) is 0 Å². The number of hydrogen-bond donors (Lipinski definition) is 1. The van der Waals surface area contributed by atoms with E-state index in [4.69, 9.17) is 0 Å². The zero-order chi connectivity index (χ0) is 4.83. The second kappa shape index (κ2) is 4.92. The van der Waals surface area contributed by atoms with Crippen molar-refractivity contribution in [3.05, 3.63) is 0 Å². The first-order valence-corrected chi connectivity index (χ1v) is 2.11. The van der Waals surface area contributed by atoms with Gasteiger partial charge in [-0.15, -0.1) is 0 Å². The van der Waals surface area contributed by atoms with E-state index >= 15 is 0 Å². The first-order valence-electron chi connectivity index (χ1n) is 2.11. The van der Waals surface area contributed by atoms with Gasteiger partial charge in [0.15, 0.2) is 0 Å². The Labute approximate surface area is 38.5 Å². The maximum atomic E-state index is 4.67. The number of ether oxygens (including phenoxy) is 1. The monoisotopic (exact) mass is 89.1 g/mol. The summed E-state index contributed by atoms with van der Waals surface area (Å²) in [5.74, 6) is 0. The van der Waals surface area contributed by atoms with Crippen molar-refractivity contribution in [1.29, 1.82) is 0 Å². The molecule has 0 aromatic heterocycles. The van der Waals surface area contributed by atoms with Crippen molar-refractivity contribution < 1.29 is 4.74 Å². The van der Waals surface area contributed by atoms with Crippen LogP contribution in [0.5, 0.6) is 0 Å². The third kappa shape index (κ3) is 3.92. The van der Waals surface area contributed by atoms with E-state index in [1.165, 1.54) is 0 Å². The molecule has 0 unspecified atom stereocenters. The van der Waals surface area contributed by atoms with Gasteiger partial charge in [0.25, 0.3) is 0 Å². The summed E-state index contributed by atoms with van der Waals surface area (Å²) < 4.78 is 4.67. The zero-order valence-electron chi connectivity index (χ0n) is 4.32. The molecular formula is C4H11NO. The van der Waals surface area contributed by atoms with Gasteiger partial charge in [0.1, 0.15) is 0 Å². The summed E-state index contributed by atoms with van der Waals surface area (Å²) in [7, 11) is 1.67. The Bertz CT molecular complexity index is 19.5. The van der Waals surface area contributed by atoms with Crippen molar-refractivity contribution in [2.75, 3.05) is 20.4 Å². The highest BCUT2D eigenvalue weighted by molar-refractivity contribution is 4.23. The quantitative estimate of drug-likeness (QED) is 0.394. The Morgan fingerprint density at radius 2 is 2.33 bits per heavy atom. The van der Waals surface area contributed by atoms with Crippen molar-refractivity contribution in [3.63, 3.8) is 0 Å². The van der Waals surface area contributed by atoms with Crippen molar-refractivity contribution in [3.8, 4) is 0 Å². The molecule has 0 aliphatic carbocycles. The molecule has 0 spiro atoms. The smallest absolute Gasteiger partial charge is 0.0961 e. The fraction of sp³-hybridized carbons (Fsp3) is 1.00. The second-order valence-corrected chi connectivity index (χ2v) is 1.04. The van der Waals surface area contributed by atoms with Gasteiger partial charge in [-0.05, 0) is 6.54 Å². The third-order valence-electron chi connectivity index (χ3n) is 0.496. The van der Waals surface area contributed by atoms with Gasteiger partial charge in [0, 0.05) is 7.11 Å². The van der Waals surface area contributed by atoms with Crippen LogP contribution in [0.2, 0.25) is 0 Å². The van der Waals surface area contributed by atoms with E-state index in [2.05, 4.69) is 10.1 Å². The van der Waals surface area contributed by atoms with Crippen molar-refractivity contribution in [2.24, 2.45) is 0 Å². The summed E-state index contributed by atoms with van der Waals surface area (Å²) in [6.07, 6.45) is 0. The Morgan fingerprint density at radius 3 is 2.50 bits per heavy atom. The van der Waals surface area contributed by atoms with Crippen LogP contribution in [0.15, 0.2) is 0 Å². The average Bonchev–Trinajstić information content (AvgIpc) is 1.61. The van der Waals surface area contributed by atoms with Crippen LogP contribution < -0.4 is 5.32 Å². The lowest BCUT2D eigenvalue weighted by Gasteiger charge is -1.93. The minimum Gasteiger partial charge on any atom is -0.370 e. The second-order valence-electron chi connectivity index (χ2n) is 1.04. The van der Waals surface area contributed by atoms with Gasteiger partial charge in [-0.1, -0.05) is 6.92 Å². The Hall–Kier alpha value is -0.0800. The zero-order valence-corrected chi connectivity index (χ0v) is 4.32. The molecule has 0 amide bonds. The van der Waals surface area contributed by atoms with Gasteiger partial charge in [-0.3, -0.25) is 5.32 Å². The molecule has 0 aliphatic heterocycles. The molecule has 0 atom stereocenters. The van der Waals surface area contributed by atoms with Gasteiger partial charge in [0.05, 0.1) is 6.73 Å². The van der Waals surface area contributed by atoms with Gasteiger partial charge in [-0.25, -0.2) is 0 Å². The van der Waals surface area contributed by atoms with Crippen LogP contribution in [0.1, 0.15) is 6.92 Å². The van der Waals surface area contributed by atoms with E-state index < -0.39 is 0 Å². The molecule has 0 rings (SSSR count). The largest absolute Gasteiger partial charge is 0.370 e. The number of rotatable bonds is 3. The maximum absolute atomic E-state index is 4.67. The SMILES string of the molecule is CCNCOC. The van der Waals surface area contributed by atoms with E-state index in [0.717, 1.165) is 6.54 Å². The van der Waals surface area contributed by atoms with Gasteiger partial charge in [-0.2, -0.15) is 0 Å². The van der Waals surface area contributed by atoms with Crippen molar-refractivity contribution in [2.45, 2.75) is 6.92 Å². The summed E-state index contributed by atoms with van der Waals surface area (Å²) in [6.45, 7) is 3.68. The van der Waals surface area contributed by atoms with Gasteiger partial charge in [0.2, 0.25) is 0 Å². The molecule has 0 radical (unpaired) electrons. The van der Waals surface area contributed by atoms with Crippen LogP contribution in [-0.2, 0) is 4.74 Å². The Kier molecular flexibility index (Phi) is 4.85. The van der Waals surface area contributed by atoms with E-state index in [1.54, 1.807) is 7.11 Å². The Morgan fingerprint density at radius 1 is 1.67 bits per heavy atom. The summed E-state index contributed by atoms with van der Waals surface area (Å²) >= 11 is 0. The van der Waals surface area contributed by atoms with Gasteiger partial charge >= 0.3 is 0 Å².